The van der Waals surface area contributed by atoms with Crippen LogP contribution in [0, 0.1) is 0 Å². The first-order chi connectivity index (χ1) is 8.59. The first-order valence-corrected chi connectivity index (χ1v) is 6.86. The summed E-state index contributed by atoms with van der Waals surface area (Å²) in [7, 11) is 0. The lowest BCUT2D eigenvalue weighted by Gasteiger charge is -2.36. The van der Waals surface area contributed by atoms with Crippen LogP contribution in [0.25, 0.3) is 0 Å². The summed E-state index contributed by atoms with van der Waals surface area (Å²) in [4.78, 5) is 27.3. The molecule has 2 heterocycles. The molecule has 2 saturated heterocycles. The molecule has 0 aromatic rings. The van der Waals surface area contributed by atoms with Gasteiger partial charge in [0.25, 0.3) is 5.91 Å². The minimum absolute atomic E-state index is 0.0547. The van der Waals surface area contributed by atoms with Gasteiger partial charge < -0.3 is 14.5 Å². The lowest BCUT2D eigenvalue weighted by Crippen LogP contribution is -2.53. The SMILES string of the molecule is CC(Cl)C(=O)N1CCN(C(=O)C2CCCO2)CC1. The molecule has 2 unspecified atom stereocenters. The van der Waals surface area contributed by atoms with Gasteiger partial charge in [-0.2, -0.15) is 0 Å². The number of carbonyl (C=O) groups excluding carboxylic acids is 2. The van der Waals surface area contributed by atoms with E-state index in [1.807, 2.05) is 0 Å². The lowest BCUT2D eigenvalue weighted by atomic mass is 10.2. The third kappa shape index (κ3) is 2.95. The standard InChI is InChI=1S/C12H19ClN2O3/c1-9(13)11(16)14-4-6-15(7-5-14)12(17)10-3-2-8-18-10/h9-10H,2-8H2,1H3. The monoisotopic (exact) mass is 274 g/mol. The van der Waals surface area contributed by atoms with E-state index in [1.54, 1.807) is 16.7 Å². The van der Waals surface area contributed by atoms with Crippen molar-refractivity contribution in [2.45, 2.75) is 31.2 Å². The van der Waals surface area contributed by atoms with E-state index in [4.69, 9.17) is 16.3 Å². The van der Waals surface area contributed by atoms with Gasteiger partial charge in [-0.25, -0.2) is 0 Å². The zero-order valence-corrected chi connectivity index (χ0v) is 11.4. The second-order valence-corrected chi connectivity index (χ2v) is 5.42. The van der Waals surface area contributed by atoms with E-state index in [9.17, 15) is 9.59 Å². The van der Waals surface area contributed by atoms with Gasteiger partial charge in [0.2, 0.25) is 5.91 Å². The Labute approximate surface area is 112 Å². The molecule has 0 aromatic carbocycles. The van der Waals surface area contributed by atoms with Crippen molar-refractivity contribution in [1.82, 2.24) is 9.80 Å². The van der Waals surface area contributed by atoms with Gasteiger partial charge in [0.15, 0.2) is 0 Å². The van der Waals surface area contributed by atoms with E-state index in [2.05, 4.69) is 0 Å². The van der Waals surface area contributed by atoms with Gasteiger partial charge in [-0.05, 0) is 19.8 Å². The minimum Gasteiger partial charge on any atom is -0.368 e. The van der Waals surface area contributed by atoms with Crippen molar-refractivity contribution in [1.29, 1.82) is 0 Å². The lowest BCUT2D eigenvalue weighted by molar-refractivity contribution is -0.145. The molecule has 0 saturated carbocycles. The molecule has 0 aromatic heterocycles. The minimum atomic E-state index is -0.495. The van der Waals surface area contributed by atoms with Crippen molar-refractivity contribution in [3.05, 3.63) is 0 Å². The smallest absolute Gasteiger partial charge is 0.251 e. The summed E-state index contributed by atoms with van der Waals surface area (Å²) in [6.07, 6.45) is 1.51. The fraction of sp³-hybridized carbons (Fsp3) is 0.833. The van der Waals surface area contributed by atoms with E-state index < -0.39 is 5.38 Å². The average molecular weight is 275 g/mol. The number of nitrogens with zero attached hydrogens (tertiary/aromatic N) is 2. The fourth-order valence-corrected chi connectivity index (χ4v) is 2.51. The fourth-order valence-electron chi connectivity index (χ4n) is 2.37. The van der Waals surface area contributed by atoms with Crippen LogP contribution in [0.5, 0.6) is 0 Å². The molecule has 2 fully saturated rings. The zero-order chi connectivity index (χ0) is 13.1. The van der Waals surface area contributed by atoms with Crippen molar-refractivity contribution in [3.63, 3.8) is 0 Å². The first kappa shape index (κ1) is 13.6. The van der Waals surface area contributed by atoms with E-state index in [-0.39, 0.29) is 17.9 Å². The Morgan fingerprint density at radius 1 is 1.22 bits per heavy atom. The highest BCUT2D eigenvalue weighted by Crippen LogP contribution is 2.16. The van der Waals surface area contributed by atoms with Crippen LogP contribution in [0.15, 0.2) is 0 Å². The third-order valence-electron chi connectivity index (χ3n) is 3.45. The van der Waals surface area contributed by atoms with Crippen LogP contribution in [-0.4, -0.2) is 65.9 Å². The highest BCUT2D eigenvalue weighted by molar-refractivity contribution is 6.30. The van der Waals surface area contributed by atoms with Gasteiger partial charge in [-0.15, -0.1) is 11.6 Å². The molecule has 0 N–H and O–H groups in total. The Bertz CT molecular complexity index is 321. The maximum absolute atomic E-state index is 12.1. The number of ether oxygens (including phenoxy) is 1. The van der Waals surface area contributed by atoms with Gasteiger partial charge in [0, 0.05) is 32.8 Å². The molecule has 0 radical (unpaired) electrons. The molecule has 5 nitrogen and oxygen atoms in total. The maximum atomic E-state index is 12.1. The predicted octanol–water partition coefficient (Wildman–Crippen LogP) is 0.464. The van der Waals surface area contributed by atoms with Crippen molar-refractivity contribution in [2.24, 2.45) is 0 Å². The number of hydrogen-bond donors (Lipinski definition) is 0. The molecule has 2 atom stereocenters. The van der Waals surface area contributed by atoms with Crippen LogP contribution in [0.2, 0.25) is 0 Å². The summed E-state index contributed by atoms with van der Waals surface area (Å²) in [5.41, 5.74) is 0. The van der Waals surface area contributed by atoms with Crippen LogP contribution in [0.4, 0.5) is 0 Å². The van der Waals surface area contributed by atoms with E-state index in [1.165, 1.54) is 0 Å². The van der Waals surface area contributed by atoms with Gasteiger partial charge >= 0.3 is 0 Å². The maximum Gasteiger partial charge on any atom is 0.251 e. The normalized spacial score (nSPS) is 26.2. The highest BCUT2D eigenvalue weighted by atomic mass is 35.5. The molecular weight excluding hydrogens is 256 g/mol. The van der Waals surface area contributed by atoms with E-state index >= 15 is 0 Å². The Morgan fingerprint density at radius 2 is 1.83 bits per heavy atom. The van der Waals surface area contributed by atoms with Crippen LogP contribution < -0.4 is 0 Å². The van der Waals surface area contributed by atoms with Crippen LogP contribution >= 0.6 is 11.6 Å². The van der Waals surface area contributed by atoms with Gasteiger partial charge in [-0.3, -0.25) is 9.59 Å². The number of rotatable bonds is 2. The molecular formula is C12H19ClN2O3. The molecule has 0 aliphatic carbocycles. The van der Waals surface area contributed by atoms with Crippen molar-refractivity contribution < 1.29 is 14.3 Å². The molecule has 102 valence electrons. The number of piperazine rings is 1. The average Bonchev–Trinajstić information content (AvgIpc) is 2.91. The Balaban J connectivity index is 1.82. The molecule has 6 heteroatoms. The number of hydrogen-bond acceptors (Lipinski definition) is 3. The zero-order valence-electron chi connectivity index (χ0n) is 10.6. The molecule has 0 spiro atoms. The topological polar surface area (TPSA) is 49.9 Å². The van der Waals surface area contributed by atoms with Gasteiger partial charge in [0.1, 0.15) is 11.5 Å². The number of amides is 2. The molecule has 0 bridgehead atoms. The van der Waals surface area contributed by atoms with Crippen LogP contribution in [-0.2, 0) is 14.3 Å². The molecule has 2 aliphatic heterocycles. The van der Waals surface area contributed by atoms with E-state index in [0.29, 0.717) is 32.8 Å². The third-order valence-corrected chi connectivity index (χ3v) is 3.64. The summed E-state index contributed by atoms with van der Waals surface area (Å²) in [6.45, 7) is 4.64. The second kappa shape index (κ2) is 5.89. The van der Waals surface area contributed by atoms with Gasteiger partial charge in [0.05, 0.1) is 0 Å². The Kier molecular flexibility index (Phi) is 4.45. The predicted molar refractivity (Wildman–Crippen MR) is 67.4 cm³/mol. The molecule has 2 aliphatic rings. The van der Waals surface area contributed by atoms with Crippen LogP contribution in [0.3, 0.4) is 0 Å². The molecule has 2 amide bonds. The summed E-state index contributed by atoms with van der Waals surface area (Å²) in [5, 5.41) is -0.495. The van der Waals surface area contributed by atoms with Crippen molar-refractivity contribution in [3.8, 4) is 0 Å². The first-order valence-electron chi connectivity index (χ1n) is 6.43. The summed E-state index contributed by atoms with van der Waals surface area (Å²) < 4.78 is 5.39. The molecule has 2 rings (SSSR count). The van der Waals surface area contributed by atoms with Crippen LogP contribution in [0.1, 0.15) is 19.8 Å². The largest absolute Gasteiger partial charge is 0.368 e. The van der Waals surface area contributed by atoms with Gasteiger partial charge in [-0.1, -0.05) is 0 Å². The quantitative estimate of drug-likeness (QED) is 0.688. The van der Waals surface area contributed by atoms with Crippen molar-refractivity contribution in [2.75, 3.05) is 32.8 Å². The summed E-state index contributed by atoms with van der Waals surface area (Å²) >= 11 is 5.77. The number of alkyl halides is 1. The Morgan fingerprint density at radius 3 is 2.33 bits per heavy atom. The Hall–Kier alpha value is -0.810. The summed E-state index contributed by atoms with van der Waals surface area (Å²) in [6, 6.07) is 0. The summed E-state index contributed by atoms with van der Waals surface area (Å²) in [5.74, 6) is 0.0133. The molecule has 18 heavy (non-hydrogen) atoms. The second-order valence-electron chi connectivity index (χ2n) is 4.77. The van der Waals surface area contributed by atoms with Crippen molar-refractivity contribution >= 4 is 23.4 Å². The number of halogens is 1. The number of carbonyl (C=O) groups is 2. The van der Waals surface area contributed by atoms with E-state index in [0.717, 1.165) is 12.8 Å². The highest BCUT2D eigenvalue weighted by Gasteiger charge is 2.31.